The number of hydrogen-bond acceptors (Lipinski definition) is 1. The summed E-state index contributed by atoms with van der Waals surface area (Å²) < 4.78 is 1.00. The van der Waals surface area contributed by atoms with E-state index in [1.54, 1.807) is 0 Å². The Morgan fingerprint density at radius 1 is 1.56 bits per heavy atom. The van der Waals surface area contributed by atoms with E-state index in [-0.39, 0.29) is 11.8 Å². The second-order valence-electron chi connectivity index (χ2n) is 3.80. The van der Waals surface area contributed by atoms with Crippen molar-refractivity contribution in [3.8, 4) is 0 Å². The summed E-state index contributed by atoms with van der Waals surface area (Å²) in [4.78, 5) is 13.6. The molecule has 84 valence electrons. The van der Waals surface area contributed by atoms with Gasteiger partial charge in [0.05, 0.1) is 5.69 Å². The number of benzene rings is 1. The minimum absolute atomic E-state index is 0.158. The van der Waals surface area contributed by atoms with Gasteiger partial charge in [-0.05, 0) is 40.8 Å². The first kappa shape index (κ1) is 11.9. The predicted octanol–water partition coefficient (Wildman–Crippen LogP) is 3.48. The highest BCUT2D eigenvalue weighted by molar-refractivity contribution is 14.1. The number of carbonyl (C=O) groups excluding carboxylic acids is 1. The van der Waals surface area contributed by atoms with E-state index in [0.29, 0.717) is 11.4 Å². The molecule has 16 heavy (non-hydrogen) atoms. The maximum Gasteiger partial charge on any atom is 0.227 e. The van der Waals surface area contributed by atoms with E-state index >= 15 is 0 Å². The summed E-state index contributed by atoms with van der Waals surface area (Å²) in [7, 11) is 0. The van der Waals surface area contributed by atoms with Gasteiger partial charge in [-0.1, -0.05) is 17.7 Å². The lowest BCUT2D eigenvalue weighted by Crippen LogP contribution is -2.25. The van der Waals surface area contributed by atoms with Crippen molar-refractivity contribution in [2.45, 2.75) is 6.42 Å². The molecule has 0 spiro atoms. The molecular formula is C12H11ClINO. The second-order valence-corrected chi connectivity index (χ2v) is 5.40. The first-order chi connectivity index (χ1) is 7.61. The molecule has 1 atom stereocenters. The maximum atomic E-state index is 11.8. The normalized spacial score (nSPS) is 20.2. The molecule has 1 amide bonds. The molecule has 0 aliphatic carbocycles. The van der Waals surface area contributed by atoms with E-state index in [4.69, 9.17) is 11.6 Å². The van der Waals surface area contributed by atoms with Gasteiger partial charge in [0, 0.05) is 27.5 Å². The van der Waals surface area contributed by atoms with E-state index in [9.17, 15) is 4.79 Å². The quantitative estimate of drug-likeness (QED) is 0.592. The van der Waals surface area contributed by atoms with Gasteiger partial charge in [-0.15, -0.1) is 6.58 Å². The Kier molecular flexibility index (Phi) is 3.54. The zero-order chi connectivity index (χ0) is 11.7. The summed E-state index contributed by atoms with van der Waals surface area (Å²) in [5.41, 5.74) is 0.944. The molecule has 1 aliphatic rings. The average molecular weight is 348 g/mol. The van der Waals surface area contributed by atoms with Crippen LogP contribution >= 0.6 is 34.2 Å². The van der Waals surface area contributed by atoms with Crippen molar-refractivity contribution in [1.29, 1.82) is 0 Å². The van der Waals surface area contributed by atoms with Crippen molar-refractivity contribution in [2.24, 2.45) is 5.92 Å². The second kappa shape index (κ2) is 4.75. The minimum Gasteiger partial charge on any atom is -0.311 e. The molecule has 0 radical (unpaired) electrons. The molecule has 2 rings (SSSR count). The van der Waals surface area contributed by atoms with Gasteiger partial charge in [0.15, 0.2) is 0 Å². The van der Waals surface area contributed by atoms with Gasteiger partial charge < -0.3 is 4.90 Å². The molecular weight excluding hydrogens is 336 g/mol. The van der Waals surface area contributed by atoms with Crippen LogP contribution in [0.4, 0.5) is 5.69 Å². The van der Waals surface area contributed by atoms with E-state index in [1.807, 2.05) is 29.2 Å². The smallest absolute Gasteiger partial charge is 0.227 e. The van der Waals surface area contributed by atoms with Crippen LogP contribution in [0.15, 0.2) is 30.9 Å². The van der Waals surface area contributed by atoms with Gasteiger partial charge in [-0.25, -0.2) is 0 Å². The third kappa shape index (κ3) is 2.25. The van der Waals surface area contributed by atoms with Crippen LogP contribution in [0.3, 0.4) is 0 Å². The Morgan fingerprint density at radius 2 is 2.31 bits per heavy atom. The summed E-state index contributed by atoms with van der Waals surface area (Å²) in [6.45, 7) is 4.46. The third-order valence-electron chi connectivity index (χ3n) is 2.69. The summed E-state index contributed by atoms with van der Waals surface area (Å²) in [6.07, 6.45) is 2.41. The van der Waals surface area contributed by atoms with Crippen LogP contribution in [0.5, 0.6) is 0 Å². The summed E-state index contributed by atoms with van der Waals surface area (Å²) in [5, 5.41) is 0.695. The molecule has 1 saturated heterocycles. The maximum absolute atomic E-state index is 11.8. The van der Waals surface area contributed by atoms with Gasteiger partial charge in [-0.2, -0.15) is 0 Å². The SMILES string of the molecule is C=CC1CC(=O)N(c2ccc(Cl)cc2I)C1. The number of carbonyl (C=O) groups is 1. The Balaban J connectivity index is 2.31. The zero-order valence-corrected chi connectivity index (χ0v) is 11.5. The van der Waals surface area contributed by atoms with Crippen LogP contribution in [0.1, 0.15) is 6.42 Å². The van der Waals surface area contributed by atoms with E-state index in [2.05, 4.69) is 29.2 Å². The highest BCUT2D eigenvalue weighted by atomic mass is 127. The van der Waals surface area contributed by atoms with Crippen molar-refractivity contribution in [1.82, 2.24) is 0 Å². The van der Waals surface area contributed by atoms with Gasteiger partial charge in [0.1, 0.15) is 0 Å². The standard InChI is InChI=1S/C12H11ClINO/c1-2-8-5-12(16)15(7-8)11-4-3-9(13)6-10(11)14/h2-4,6,8H,1,5,7H2. The number of nitrogens with zero attached hydrogens (tertiary/aromatic N) is 1. The van der Waals surface area contributed by atoms with Crippen molar-refractivity contribution < 1.29 is 4.79 Å². The van der Waals surface area contributed by atoms with Crippen LogP contribution < -0.4 is 4.90 Å². The van der Waals surface area contributed by atoms with Crippen molar-refractivity contribution in [2.75, 3.05) is 11.4 Å². The number of amides is 1. The minimum atomic E-state index is 0.158. The number of rotatable bonds is 2. The number of halogens is 2. The lowest BCUT2D eigenvalue weighted by atomic mass is 10.1. The molecule has 1 aromatic carbocycles. The van der Waals surface area contributed by atoms with Crippen molar-refractivity contribution in [3.63, 3.8) is 0 Å². The number of anilines is 1. The van der Waals surface area contributed by atoms with Crippen LogP contribution in [0, 0.1) is 9.49 Å². The number of hydrogen-bond donors (Lipinski definition) is 0. The molecule has 1 heterocycles. The van der Waals surface area contributed by atoms with Gasteiger partial charge in [-0.3, -0.25) is 4.79 Å². The predicted molar refractivity (Wildman–Crippen MR) is 74.8 cm³/mol. The fourth-order valence-electron chi connectivity index (χ4n) is 1.83. The Hall–Kier alpha value is -0.550. The molecule has 1 aromatic rings. The van der Waals surface area contributed by atoms with Crippen LogP contribution in [-0.2, 0) is 4.79 Å². The Labute approximate surface area is 113 Å². The van der Waals surface area contributed by atoms with Crippen LogP contribution in [0.2, 0.25) is 5.02 Å². The van der Waals surface area contributed by atoms with E-state index in [0.717, 1.165) is 15.8 Å². The Bertz CT molecular complexity index is 447. The first-order valence-electron chi connectivity index (χ1n) is 5.00. The lowest BCUT2D eigenvalue weighted by molar-refractivity contribution is -0.117. The molecule has 1 fully saturated rings. The topological polar surface area (TPSA) is 20.3 Å². The third-order valence-corrected chi connectivity index (χ3v) is 3.79. The molecule has 4 heteroatoms. The molecule has 0 N–H and O–H groups in total. The van der Waals surface area contributed by atoms with Gasteiger partial charge in [0.2, 0.25) is 5.91 Å². The van der Waals surface area contributed by atoms with Gasteiger partial charge in [0.25, 0.3) is 0 Å². The molecule has 1 aliphatic heterocycles. The fraction of sp³-hybridized carbons (Fsp3) is 0.250. The molecule has 2 nitrogen and oxygen atoms in total. The summed E-state index contributed by atoms with van der Waals surface area (Å²) in [6, 6.07) is 5.58. The largest absolute Gasteiger partial charge is 0.311 e. The molecule has 0 aromatic heterocycles. The van der Waals surface area contributed by atoms with Crippen molar-refractivity contribution >= 4 is 45.8 Å². The van der Waals surface area contributed by atoms with Crippen molar-refractivity contribution in [3.05, 3.63) is 39.4 Å². The van der Waals surface area contributed by atoms with E-state index < -0.39 is 0 Å². The highest BCUT2D eigenvalue weighted by Crippen LogP contribution is 2.31. The summed E-state index contributed by atoms with van der Waals surface area (Å²) in [5.74, 6) is 0.420. The van der Waals surface area contributed by atoms with E-state index in [1.165, 1.54) is 0 Å². The molecule has 0 bridgehead atoms. The lowest BCUT2D eigenvalue weighted by Gasteiger charge is -2.18. The van der Waals surface area contributed by atoms with Gasteiger partial charge >= 0.3 is 0 Å². The Morgan fingerprint density at radius 3 is 2.88 bits per heavy atom. The van der Waals surface area contributed by atoms with Crippen LogP contribution in [-0.4, -0.2) is 12.5 Å². The zero-order valence-electron chi connectivity index (χ0n) is 8.62. The molecule has 1 unspecified atom stereocenters. The molecule has 0 saturated carbocycles. The highest BCUT2D eigenvalue weighted by Gasteiger charge is 2.29. The monoisotopic (exact) mass is 347 g/mol. The first-order valence-corrected chi connectivity index (χ1v) is 6.45. The van der Waals surface area contributed by atoms with Crippen LogP contribution in [0.25, 0.3) is 0 Å². The summed E-state index contributed by atoms with van der Waals surface area (Å²) >= 11 is 8.09. The fourth-order valence-corrected chi connectivity index (χ4v) is 2.99. The average Bonchev–Trinajstić information content (AvgIpc) is 2.60.